The summed E-state index contributed by atoms with van der Waals surface area (Å²) >= 11 is 5.43. The van der Waals surface area contributed by atoms with Crippen LogP contribution in [0.15, 0.2) is 24.4 Å². The Morgan fingerprint density at radius 1 is 1.50 bits per heavy atom. The summed E-state index contributed by atoms with van der Waals surface area (Å²) in [6.07, 6.45) is 4.97. The Morgan fingerprint density at radius 3 is 2.29 bits per heavy atom. The van der Waals surface area contributed by atoms with Crippen LogP contribution in [0, 0.1) is 5.92 Å². The number of nitrogens with zero attached hydrogens (tertiary/aromatic N) is 1. The largest absolute Gasteiger partial charge is 0.400 e. The van der Waals surface area contributed by atoms with Gasteiger partial charge in [-0.3, -0.25) is 0 Å². The van der Waals surface area contributed by atoms with E-state index >= 15 is 0 Å². The first kappa shape index (κ1) is 13.1. The number of halogens is 1. The third-order valence-electron chi connectivity index (χ3n) is 1.44. The third kappa shape index (κ3) is 7.71. The van der Waals surface area contributed by atoms with Gasteiger partial charge in [-0.2, -0.15) is 0 Å². The van der Waals surface area contributed by atoms with Gasteiger partial charge in [-0.05, 0) is 25.0 Å². The first-order valence-electron chi connectivity index (χ1n) is 4.29. The van der Waals surface area contributed by atoms with Gasteiger partial charge in [-0.1, -0.05) is 17.7 Å². The lowest BCUT2D eigenvalue weighted by atomic mass is 10.5. The fourth-order valence-corrected chi connectivity index (χ4v) is 0.703. The maximum absolute atomic E-state index is 9.57. The second-order valence-corrected chi connectivity index (χ2v) is 3.01. The molecule has 1 aromatic heterocycles. The smallest absolute Gasteiger partial charge is 0.129 e. The van der Waals surface area contributed by atoms with Gasteiger partial charge in [0.25, 0.3) is 0 Å². The predicted molar refractivity (Wildman–Crippen MR) is 56.2 cm³/mol. The third-order valence-corrected chi connectivity index (χ3v) is 1.67. The number of pyridine rings is 1. The minimum atomic E-state index is 0.454. The summed E-state index contributed by atoms with van der Waals surface area (Å²) < 4.78 is 0. The fourth-order valence-electron chi connectivity index (χ4n) is 0.574. The van der Waals surface area contributed by atoms with Crippen LogP contribution in [-0.4, -0.2) is 23.5 Å². The van der Waals surface area contributed by atoms with Crippen LogP contribution >= 0.6 is 11.6 Å². The van der Waals surface area contributed by atoms with E-state index in [4.69, 9.17) is 16.7 Å². The number of carbonyl (C=O) groups is 1. The van der Waals surface area contributed by atoms with Crippen molar-refractivity contribution in [2.24, 2.45) is 5.92 Å². The van der Waals surface area contributed by atoms with E-state index < -0.39 is 0 Å². The van der Waals surface area contributed by atoms with Crippen LogP contribution in [0.2, 0.25) is 5.15 Å². The standard InChI is InChI=1S/C5H4ClN.C4H6O.CH4O/c6-5-3-1-2-4-7-5;5-3-4-1-2-4;1-2/h1-4H;3-4H,1-2H2;2H,1H3. The summed E-state index contributed by atoms with van der Waals surface area (Å²) in [6, 6.07) is 5.41. The number of rotatable bonds is 1. The quantitative estimate of drug-likeness (QED) is 0.576. The van der Waals surface area contributed by atoms with Gasteiger partial charge in [0, 0.05) is 19.2 Å². The Bertz CT molecular complexity index is 237. The highest BCUT2D eigenvalue weighted by molar-refractivity contribution is 6.29. The van der Waals surface area contributed by atoms with Gasteiger partial charge in [0.1, 0.15) is 11.4 Å². The number of hydrogen-bond donors (Lipinski definition) is 1. The average molecular weight is 216 g/mol. The minimum Gasteiger partial charge on any atom is -0.400 e. The zero-order chi connectivity index (χ0) is 10.8. The summed E-state index contributed by atoms with van der Waals surface area (Å²) in [5, 5.41) is 7.54. The Balaban J connectivity index is 0.000000213. The Labute approximate surface area is 88.7 Å². The van der Waals surface area contributed by atoms with Crippen molar-refractivity contribution in [3.8, 4) is 0 Å². The van der Waals surface area contributed by atoms with E-state index in [1.165, 1.54) is 0 Å². The molecule has 1 N–H and O–H groups in total. The van der Waals surface area contributed by atoms with E-state index in [0.29, 0.717) is 11.1 Å². The van der Waals surface area contributed by atoms with Crippen LogP contribution in [0.4, 0.5) is 0 Å². The van der Waals surface area contributed by atoms with Crippen LogP contribution in [0.1, 0.15) is 12.8 Å². The summed E-state index contributed by atoms with van der Waals surface area (Å²) in [5.41, 5.74) is 0. The molecule has 0 unspecified atom stereocenters. The summed E-state index contributed by atoms with van der Waals surface area (Å²) in [7, 11) is 1.00. The molecule has 78 valence electrons. The number of aldehydes is 1. The van der Waals surface area contributed by atoms with E-state index in [1.807, 2.05) is 12.1 Å². The number of aliphatic hydroxyl groups excluding tert-OH is 1. The molecule has 4 heteroatoms. The van der Waals surface area contributed by atoms with Gasteiger partial charge < -0.3 is 9.90 Å². The second-order valence-electron chi connectivity index (χ2n) is 2.63. The summed E-state index contributed by atoms with van der Waals surface area (Å²) in [6.45, 7) is 0. The molecule has 0 amide bonds. The Hall–Kier alpha value is -0.930. The number of carbonyl (C=O) groups excluding carboxylic acids is 1. The molecule has 14 heavy (non-hydrogen) atoms. The molecule has 1 heterocycles. The van der Waals surface area contributed by atoms with Gasteiger partial charge in [-0.25, -0.2) is 4.98 Å². The SMILES string of the molecule is CO.Clc1ccccn1.O=CC1CC1. The first-order chi connectivity index (χ1) is 6.83. The van der Waals surface area contributed by atoms with Crippen molar-refractivity contribution in [1.82, 2.24) is 4.98 Å². The molecule has 0 spiro atoms. The molecule has 0 atom stereocenters. The molecule has 1 aliphatic carbocycles. The molecular formula is C10H14ClNO2. The van der Waals surface area contributed by atoms with Crippen molar-refractivity contribution >= 4 is 17.9 Å². The van der Waals surface area contributed by atoms with E-state index in [-0.39, 0.29) is 0 Å². The minimum absolute atomic E-state index is 0.454. The molecular weight excluding hydrogens is 202 g/mol. The molecule has 0 aliphatic heterocycles. The van der Waals surface area contributed by atoms with Crippen molar-refractivity contribution in [3.05, 3.63) is 29.5 Å². The van der Waals surface area contributed by atoms with E-state index in [9.17, 15) is 4.79 Å². The van der Waals surface area contributed by atoms with Gasteiger partial charge in [0.2, 0.25) is 0 Å². The molecule has 0 bridgehead atoms. The number of hydrogen-bond acceptors (Lipinski definition) is 3. The van der Waals surface area contributed by atoms with E-state index in [0.717, 1.165) is 26.2 Å². The van der Waals surface area contributed by atoms with E-state index in [2.05, 4.69) is 4.98 Å². The highest BCUT2D eigenvalue weighted by Gasteiger charge is 2.18. The van der Waals surface area contributed by atoms with Crippen LogP contribution in [0.3, 0.4) is 0 Å². The lowest BCUT2D eigenvalue weighted by Crippen LogP contribution is -1.66. The molecule has 1 fully saturated rings. The Morgan fingerprint density at radius 2 is 2.14 bits per heavy atom. The van der Waals surface area contributed by atoms with Gasteiger partial charge in [0.05, 0.1) is 0 Å². The molecule has 0 radical (unpaired) electrons. The molecule has 0 aromatic carbocycles. The van der Waals surface area contributed by atoms with Crippen LogP contribution in [0.5, 0.6) is 0 Å². The van der Waals surface area contributed by atoms with Gasteiger partial charge >= 0.3 is 0 Å². The maximum Gasteiger partial charge on any atom is 0.129 e. The van der Waals surface area contributed by atoms with Crippen LogP contribution in [0.25, 0.3) is 0 Å². The summed E-state index contributed by atoms with van der Waals surface area (Å²) in [5.74, 6) is 0.454. The molecule has 0 saturated heterocycles. The predicted octanol–water partition coefficient (Wildman–Crippen LogP) is 1.94. The van der Waals surface area contributed by atoms with E-state index in [1.54, 1.807) is 12.3 Å². The molecule has 1 aromatic rings. The lowest BCUT2D eigenvalue weighted by Gasteiger charge is -1.79. The zero-order valence-corrected chi connectivity index (χ0v) is 8.81. The number of aromatic nitrogens is 1. The van der Waals surface area contributed by atoms with Crippen molar-refractivity contribution in [2.45, 2.75) is 12.8 Å². The maximum atomic E-state index is 9.57. The summed E-state index contributed by atoms with van der Waals surface area (Å²) in [4.78, 5) is 13.3. The fraction of sp³-hybridized carbons (Fsp3) is 0.400. The Kier molecular flexibility index (Phi) is 8.08. The molecule has 3 nitrogen and oxygen atoms in total. The monoisotopic (exact) mass is 215 g/mol. The highest BCUT2D eigenvalue weighted by atomic mass is 35.5. The topological polar surface area (TPSA) is 50.2 Å². The molecule has 1 aliphatic rings. The first-order valence-corrected chi connectivity index (χ1v) is 4.67. The van der Waals surface area contributed by atoms with Gasteiger partial charge in [-0.15, -0.1) is 0 Å². The highest BCUT2D eigenvalue weighted by Crippen LogP contribution is 2.25. The van der Waals surface area contributed by atoms with Crippen LogP contribution < -0.4 is 0 Å². The average Bonchev–Trinajstić information content (AvgIpc) is 3.06. The number of aliphatic hydroxyl groups is 1. The van der Waals surface area contributed by atoms with Crippen LogP contribution in [-0.2, 0) is 4.79 Å². The van der Waals surface area contributed by atoms with Crippen molar-refractivity contribution in [2.75, 3.05) is 7.11 Å². The van der Waals surface area contributed by atoms with Crippen molar-refractivity contribution in [3.63, 3.8) is 0 Å². The van der Waals surface area contributed by atoms with Crippen molar-refractivity contribution in [1.29, 1.82) is 0 Å². The van der Waals surface area contributed by atoms with Gasteiger partial charge in [0.15, 0.2) is 0 Å². The second kappa shape index (κ2) is 8.66. The normalized spacial score (nSPS) is 12.8. The molecule has 1 saturated carbocycles. The van der Waals surface area contributed by atoms with Crippen molar-refractivity contribution < 1.29 is 9.90 Å². The lowest BCUT2D eigenvalue weighted by molar-refractivity contribution is -0.108. The zero-order valence-electron chi connectivity index (χ0n) is 8.06. The molecule has 2 rings (SSSR count).